The summed E-state index contributed by atoms with van der Waals surface area (Å²) in [5.74, 6) is 1.86. The molecule has 1 amide bonds. The van der Waals surface area contributed by atoms with E-state index in [1.54, 1.807) is 42.6 Å². The predicted molar refractivity (Wildman–Crippen MR) is 108 cm³/mol. The van der Waals surface area contributed by atoms with E-state index in [1.165, 1.54) is 0 Å². The standard InChI is InChI=1S/C20H21N7O2/c1-29-16-5-2-4-15(14-16)23-18-7-6-17(24-25-18)19(28)26-10-12-27(13-11-26)20-21-8-3-9-22-20/h2-9,14H,10-13H2,1H3,(H,23,25). The number of hydrogen-bond donors (Lipinski definition) is 1. The van der Waals surface area contributed by atoms with Crippen molar-refractivity contribution >= 4 is 23.4 Å². The summed E-state index contributed by atoms with van der Waals surface area (Å²) >= 11 is 0. The molecule has 0 spiro atoms. The third-order valence-electron chi connectivity index (χ3n) is 4.63. The minimum Gasteiger partial charge on any atom is -0.497 e. The number of aromatic nitrogens is 4. The molecular weight excluding hydrogens is 370 g/mol. The van der Waals surface area contributed by atoms with Crippen molar-refractivity contribution in [1.82, 2.24) is 25.1 Å². The molecule has 1 saturated heterocycles. The van der Waals surface area contributed by atoms with Gasteiger partial charge in [0.15, 0.2) is 11.5 Å². The highest BCUT2D eigenvalue weighted by Gasteiger charge is 2.24. The molecule has 3 heterocycles. The predicted octanol–water partition coefficient (Wildman–Crippen LogP) is 1.98. The number of piperazine rings is 1. The topological polar surface area (TPSA) is 96.4 Å². The zero-order chi connectivity index (χ0) is 20.1. The van der Waals surface area contributed by atoms with Gasteiger partial charge in [0.1, 0.15) is 5.75 Å². The molecule has 29 heavy (non-hydrogen) atoms. The van der Waals surface area contributed by atoms with Gasteiger partial charge < -0.3 is 19.9 Å². The Morgan fingerprint density at radius 2 is 1.79 bits per heavy atom. The Labute approximate surface area is 168 Å². The summed E-state index contributed by atoms with van der Waals surface area (Å²) in [6, 6.07) is 12.7. The van der Waals surface area contributed by atoms with Crippen LogP contribution in [0.25, 0.3) is 0 Å². The van der Waals surface area contributed by atoms with E-state index in [-0.39, 0.29) is 5.91 Å². The summed E-state index contributed by atoms with van der Waals surface area (Å²) in [5, 5.41) is 11.4. The molecule has 2 aromatic heterocycles. The number of hydrogen-bond acceptors (Lipinski definition) is 8. The lowest BCUT2D eigenvalue weighted by atomic mass is 10.2. The van der Waals surface area contributed by atoms with Gasteiger partial charge in [-0.15, -0.1) is 10.2 Å². The average Bonchev–Trinajstić information content (AvgIpc) is 2.80. The fourth-order valence-electron chi connectivity index (χ4n) is 3.09. The van der Waals surface area contributed by atoms with E-state index in [1.807, 2.05) is 24.3 Å². The van der Waals surface area contributed by atoms with Crippen LogP contribution in [-0.4, -0.2) is 64.3 Å². The van der Waals surface area contributed by atoms with Crippen LogP contribution in [0.5, 0.6) is 5.75 Å². The molecule has 1 aliphatic heterocycles. The smallest absolute Gasteiger partial charge is 0.274 e. The molecule has 0 aliphatic carbocycles. The van der Waals surface area contributed by atoms with Gasteiger partial charge in [-0.3, -0.25) is 4.79 Å². The lowest BCUT2D eigenvalue weighted by molar-refractivity contribution is 0.0739. The number of benzene rings is 1. The molecule has 1 N–H and O–H groups in total. The molecule has 0 bridgehead atoms. The van der Waals surface area contributed by atoms with Crippen LogP contribution in [0.2, 0.25) is 0 Å². The van der Waals surface area contributed by atoms with Crippen molar-refractivity contribution in [3.8, 4) is 5.75 Å². The van der Waals surface area contributed by atoms with E-state index in [0.29, 0.717) is 43.6 Å². The molecule has 0 saturated carbocycles. The minimum absolute atomic E-state index is 0.126. The van der Waals surface area contributed by atoms with Gasteiger partial charge in [0.25, 0.3) is 5.91 Å². The number of ether oxygens (including phenoxy) is 1. The molecular formula is C20H21N7O2. The van der Waals surface area contributed by atoms with Crippen molar-refractivity contribution in [3.63, 3.8) is 0 Å². The summed E-state index contributed by atoms with van der Waals surface area (Å²) in [4.78, 5) is 25.1. The second kappa shape index (κ2) is 8.51. The number of nitrogens with one attached hydrogen (secondary N) is 1. The first-order valence-electron chi connectivity index (χ1n) is 9.29. The van der Waals surface area contributed by atoms with Gasteiger partial charge in [-0.05, 0) is 30.3 Å². The van der Waals surface area contributed by atoms with E-state index in [4.69, 9.17) is 4.74 Å². The molecule has 1 aromatic carbocycles. The van der Waals surface area contributed by atoms with Gasteiger partial charge in [-0.25, -0.2) is 9.97 Å². The number of amides is 1. The lowest BCUT2D eigenvalue weighted by Gasteiger charge is -2.34. The first-order chi connectivity index (χ1) is 14.2. The van der Waals surface area contributed by atoms with E-state index in [2.05, 4.69) is 30.4 Å². The highest BCUT2D eigenvalue weighted by molar-refractivity contribution is 5.92. The Balaban J connectivity index is 1.36. The number of nitrogens with zero attached hydrogens (tertiary/aromatic N) is 6. The number of methoxy groups -OCH3 is 1. The Morgan fingerprint density at radius 1 is 1.00 bits per heavy atom. The van der Waals surface area contributed by atoms with Gasteiger partial charge in [0.05, 0.1) is 7.11 Å². The first-order valence-corrected chi connectivity index (χ1v) is 9.29. The number of anilines is 3. The molecule has 1 aliphatic rings. The molecule has 3 aromatic rings. The zero-order valence-electron chi connectivity index (χ0n) is 16.0. The highest BCUT2D eigenvalue weighted by Crippen LogP contribution is 2.20. The summed E-state index contributed by atoms with van der Waals surface area (Å²) in [5.41, 5.74) is 1.16. The van der Waals surface area contributed by atoms with Crippen LogP contribution >= 0.6 is 0 Å². The molecule has 9 nitrogen and oxygen atoms in total. The third kappa shape index (κ3) is 4.40. The van der Waals surface area contributed by atoms with Crippen molar-refractivity contribution in [2.45, 2.75) is 0 Å². The van der Waals surface area contributed by atoms with Crippen LogP contribution in [0.15, 0.2) is 54.9 Å². The second-order valence-electron chi connectivity index (χ2n) is 6.49. The minimum atomic E-state index is -0.126. The van der Waals surface area contributed by atoms with Crippen LogP contribution in [0, 0.1) is 0 Å². The number of carbonyl (C=O) groups is 1. The van der Waals surface area contributed by atoms with Crippen molar-refractivity contribution in [1.29, 1.82) is 0 Å². The SMILES string of the molecule is COc1cccc(Nc2ccc(C(=O)N3CCN(c4ncccn4)CC3)nn2)c1. The van der Waals surface area contributed by atoms with Crippen LogP contribution < -0.4 is 15.0 Å². The fraction of sp³-hybridized carbons (Fsp3) is 0.250. The van der Waals surface area contributed by atoms with Crippen LogP contribution in [-0.2, 0) is 0 Å². The van der Waals surface area contributed by atoms with Gasteiger partial charge in [0.2, 0.25) is 5.95 Å². The Bertz CT molecular complexity index is 958. The van der Waals surface area contributed by atoms with E-state index < -0.39 is 0 Å². The van der Waals surface area contributed by atoms with E-state index in [9.17, 15) is 4.79 Å². The Morgan fingerprint density at radius 3 is 2.48 bits per heavy atom. The number of rotatable bonds is 5. The molecule has 148 valence electrons. The van der Waals surface area contributed by atoms with Gasteiger partial charge in [0, 0.05) is 50.3 Å². The Hall–Kier alpha value is -3.75. The lowest BCUT2D eigenvalue weighted by Crippen LogP contribution is -2.49. The normalized spacial score (nSPS) is 13.8. The summed E-state index contributed by atoms with van der Waals surface area (Å²) < 4.78 is 5.21. The van der Waals surface area contributed by atoms with Crippen molar-refractivity contribution < 1.29 is 9.53 Å². The maximum Gasteiger partial charge on any atom is 0.274 e. The van der Waals surface area contributed by atoms with Crippen molar-refractivity contribution in [2.75, 3.05) is 43.5 Å². The van der Waals surface area contributed by atoms with Crippen molar-refractivity contribution in [2.24, 2.45) is 0 Å². The Kier molecular flexibility index (Phi) is 5.46. The van der Waals surface area contributed by atoms with Gasteiger partial charge >= 0.3 is 0 Å². The quantitative estimate of drug-likeness (QED) is 0.705. The monoisotopic (exact) mass is 391 g/mol. The second-order valence-corrected chi connectivity index (χ2v) is 6.49. The molecule has 0 atom stereocenters. The van der Waals surface area contributed by atoms with E-state index >= 15 is 0 Å². The maximum atomic E-state index is 12.7. The van der Waals surface area contributed by atoms with E-state index in [0.717, 1.165) is 11.4 Å². The molecule has 9 heteroatoms. The highest BCUT2D eigenvalue weighted by atomic mass is 16.5. The van der Waals surface area contributed by atoms with Gasteiger partial charge in [-0.1, -0.05) is 6.07 Å². The summed E-state index contributed by atoms with van der Waals surface area (Å²) in [6.45, 7) is 2.53. The van der Waals surface area contributed by atoms with Crippen LogP contribution in [0.4, 0.5) is 17.5 Å². The van der Waals surface area contributed by atoms with Crippen molar-refractivity contribution in [3.05, 3.63) is 60.6 Å². The number of carbonyl (C=O) groups excluding carboxylic acids is 1. The van der Waals surface area contributed by atoms with Crippen LogP contribution in [0.3, 0.4) is 0 Å². The molecule has 0 unspecified atom stereocenters. The fourth-order valence-corrected chi connectivity index (χ4v) is 3.09. The third-order valence-corrected chi connectivity index (χ3v) is 4.63. The largest absolute Gasteiger partial charge is 0.497 e. The zero-order valence-corrected chi connectivity index (χ0v) is 16.0. The molecule has 0 radical (unpaired) electrons. The molecule has 1 fully saturated rings. The summed E-state index contributed by atoms with van der Waals surface area (Å²) in [7, 11) is 1.62. The summed E-state index contributed by atoms with van der Waals surface area (Å²) in [6.07, 6.45) is 3.44. The average molecular weight is 391 g/mol. The maximum absolute atomic E-state index is 12.7. The van der Waals surface area contributed by atoms with Crippen LogP contribution in [0.1, 0.15) is 10.5 Å². The first kappa shape index (κ1) is 18.6. The molecule has 4 rings (SSSR count). The van der Waals surface area contributed by atoms with Gasteiger partial charge in [-0.2, -0.15) is 0 Å².